The first-order valence-corrected chi connectivity index (χ1v) is 12.3. The summed E-state index contributed by atoms with van der Waals surface area (Å²) < 4.78 is 5.16. The number of methoxy groups -OCH3 is 1. The molecule has 2 aromatic carbocycles. The van der Waals surface area contributed by atoms with Crippen molar-refractivity contribution in [1.82, 2.24) is 9.97 Å². The summed E-state index contributed by atoms with van der Waals surface area (Å²) in [6.07, 6.45) is 13.7. The van der Waals surface area contributed by atoms with Crippen molar-refractivity contribution in [3.63, 3.8) is 0 Å². The van der Waals surface area contributed by atoms with Crippen molar-refractivity contribution in [2.75, 3.05) is 24.4 Å². The Morgan fingerprint density at radius 1 is 0.943 bits per heavy atom. The van der Waals surface area contributed by atoms with E-state index in [1.165, 1.54) is 57.7 Å². The molecule has 1 heterocycles. The third kappa shape index (κ3) is 8.91. The van der Waals surface area contributed by atoms with E-state index in [1.54, 1.807) is 25.3 Å². The van der Waals surface area contributed by atoms with Gasteiger partial charge in [0.25, 0.3) is 5.91 Å². The van der Waals surface area contributed by atoms with Gasteiger partial charge < -0.3 is 20.5 Å². The smallest absolute Gasteiger partial charge is 0.300 e. The zero-order chi connectivity index (χ0) is 24.7. The predicted octanol–water partition coefficient (Wildman–Crippen LogP) is 5.83. The number of rotatable bonds is 5. The van der Waals surface area contributed by atoms with E-state index >= 15 is 0 Å². The number of amides is 1. The van der Waals surface area contributed by atoms with Gasteiger partial charge in [-0.25, -0.2) is 9.97 Å². The van der Waals surface area contributed by atoms with Crippen LogP contribution in [0.5, 0.6) is 5.75 Å². The number of aliphatic hydroxyl groups excluding tert-OH is 1. The Kier molecular flexibility index (Phi) is 10.8. The van der Waals surface area contributed by atoms with Crippen molar-refractivity contribution in [3.05, 3.63) is 48.8 Å². The monoisotopic (exact) mass is 474 g/mol. The van der Waals surface area contributed by atoms with E-state index in [0.717, 1.165) is 22.3 Å². The highest BCUT2D eigenvalue weighted by atomic mass is 16.5. The Morgan fingerprint density at radius 2 is 1.57 bits per heavy atom. The van der Waals surface area contributed by atoms with Gasteiger partial charge in [0.05, 0.1) is 19.2 Å². The molecule has 1 aliphatic carbocycles. The molecule has 35 heavy (non-hydrogen) atoms. The molecule has 1 aliphatic rings. The van der Waals surface area contributed by atoms with Crippen molar-refractivity contribution >= 4 is 34.0 Å². The standard InChI is InChI=1S/C20H18N4O3.C8H16/c1-27-16-8-5-14(6-9-16)24-20-17-12-15(7-10-18(17)21-13-22-20)23-19(26)4-2-3-11-25;1-2-4-6-8-7-5-3-1/h5-10,12-13,25H,3,11H2,1H3,(H,23,26)(H,21,22,24);1-8H2. The highest BCUT2D eigenvalue weighted by Crippen LogP contribution is 2.26. The number of aromatic nitrogens is 2. The van der Waals surface area contributed by atoms with Gasteiger partial charge >= 0.3 is 0 Å². The molecule has 1 aromatic heterocycles. The fourth-order valence-electron chi connectivity index (χ4n) is 3.82. The topological polar surface area (TPSA) is 96.4 Å². The van der Waals surface area contributed by atoms with Crippen LogP contribution in [0.3, 0.4) is 0 Å². The van der Waals surface area contributed by atoms with Crippen LogP contribution in [-0.4, -0.2) is 34.7 Å². The number of ether oxygens (including phenoxy) is 1. The number of carbonyl (C=O) groups is 1. The highest BCUT2D eigenvalue weighted by molar-refractivity contribution is 6.05. The molecule has 0 aliphatic heterocycles. The van der Waals surface area contributed by atoms with Crippen LogP contribution in [0, 0.1) is 11.8 Å². The van der Waals surface area contributed by atoms with Crippen LogP contribution < -0.4 is 15.4 Å². The maximum Gasteiger partial charge on any atom is 0.300 e. The number of anilines is 3. The zero-order valence-corrected chi connectivity index (χ0v) is 20.3. The van der Waals surface area contributed by atoms with Crippen LogP contribution in [0.25, 0.3) is 10.9 Å². The van der Waals surface area contributed by atoms with Gasteiger partial charge in [0.15, 0.2) is 0 Å². The minimum Gasteiger partial charge on any atom is -0.497 e. The molecule has 3 N–H and O–H groups in total. The first-order chi connectivity index (χ1) is 17.2. The Bertz CT molecular complexity index is 1110. The summed E-state index contributed by atoms with van der Waals surface area (Å²) in [5.74, 6) is 5.95. The second-order valence-corrected chi connectivity index (χ2v) is 8.37. The van der Waals surface area contributed by atoms with Gasteiger partial charge in [-0.05, 0) is 48.4 Å². The molecular formula is C28H34N4O3. The van der Waals surface area contributed by atoms with Gasteiger partial charge in [-0.1, -0.05) is 57.3 Å². The van der Waals surface area contributed by atoms with Crippen molar-refractivity contribution in [2.45, 2.75) is 57.8 Å². The maximum atomic E-state index is 11.8. The molecule has 184 valence electrons. The van der Waals surface area contributed by atoms with Crippen LogP contribution in [0.1, 0.15) is 57.8 Å². The molecule has 1 amide bonds. The average Bonchev–Trinajstić information content (AvgIpc) is 2.85. The molecular weight excluding hydrogens is 440 g/mol. The zero-order valence-electron chi connectivity index (χ0n) is 20.3. The summed E-state index contributed by atoms with van der Waals surface area (Å²) in [6.45, 7) is -0.0754. The molecule has 0 atom stereocenters. The van der Waals surface area contributed by atoms with Crippen molar-refractivity contribution in [2.24, 2.45) is 0 Å². The minimum atomic E-state index is -0.440. The van der Waals surface area contributed by atoms with Gasteiger partial charge in [0.2, 0.25) is 0 Å². The minimum absolute atomic E-state index is 0.0754. The van der Waals surface area contributed by atoms with Gasteiger partial charge in [-0.15, -0.1) is 0 Å². The molecule has 0 bridgehead atoms. The van der Waals surface area contributed by atoms with Crippen LogP contribution in [0.15, 0.2) is 48.8 Å². The summed E-state index contributed by atoms with van der Waals surface area (Å²) in [4.78, 5) is 20.4. The molecule has 3 aromatic rings. The first kappa shape index (κ1) is 26.0. The van der Waals surface area contributed by atoms with Crippen LogP contribution in [-0.2, 0) is 4.79 Å². The summed E-state index contributed by atoms with van der Waals surface area (Å²) in [5.41, 5.74) is 2.17. The Hall–Kier alpha value is -3.63. The SMILES string of the molecule is C1CCCCCCC1.COc1ccc(Nc2ncnc3ccc(NC(=O)C#CCCO)cc23)cc1. The van der Waals surface area contributed by atoms with E-state index in [0.29, 0.717) is 11.5 Å². The largest absolute Gasteiger partial charge is 0.497 e. The molecule has 1 saturated carbocycles. The van der Waals surface area contributed by atoms with E-state index in [-0.39, 0.29) is 13.0 Å². The molecule has 7 nitrogen and oxygen atoms in total. The van der Waals surface area contributed by atoms with Crippen molar-refractivity contribution in [1.29, 1.82) is 0 Å². The first-order valence-electron chi connectivity index (χ1n) is 12.3. The Balaban J connectivity index is 0.000000363. The molecule has 0 saturated heterocycles. The average molecular weight is 475 g/mol. The summed E-state index contributed by atoms with van der Waals surface area (Å²) in [7, 11) is 1.62. The normalized spacial score (nSPS) is 13.2. The third-order valence-corrected chi connectivity index (χ3v) is 5.68. The number of nitrogens with zero attached hydrogens (tertiary/aromatic N) is 2. The third-order valence-electron chi connectivity index (χ3n) is 5.68. The maximum absolute atomic E-state index is 11.8. The number of fused-ring (bicyclic) bond motifs is 1. The van der Waals surface area contributed by atoms with Crippen molar-refractivity contribution < 1.29 is 14.6 Å². The lowest BCUT2D eigenvalue weighted by Crippen LogP contribution is -2.08. The van der Waals surface area contributed by atoms with Gasteiger partial charge in [-0.2, -0.15) is 0 Å². The summed E-state index contributed by atoms with van der Waals surface area (Å²) in [6, 6.07) is 12.8. The van der Waals surface area contributed by atoms with Crippen LogP contribution >= 0.6 is 0 Å². The fourth-order valence-corrected chi connectivity index (χ4v) is 3.82. The van der Waals surface area contributed by atoms with E-state index in [4.69, 9.17) is 9.84 Å². The summed E-state index contributed by atoms with van der Waals surface area (Å²) >= 11 is 0. The molecule has 1 fully saturated rings. The van der Waals surface area contributed by atoms with Crippen LogP contribution in [0.2, 0.25) is 0 Å². The molecule has 0 radical (unpaired) electrons. The van der Waals surface area contributed by atoms with E-state index in [1.807, 2.05) is 24.3 Å². The number of hydrogen-bond acceptors (Lipinski definition) is 6. The second kappa shape index (κ2) is 14.6. The van der Waals surface area contributed by atoms with E-state index in [2.05, 4.69) is 32.4 Å². The number of hydrogen-bond donors (Lipinski definition) is 3. The van der Waals surface area contributed by atoms with Gasteiger partial charge in [-0.3, -0.25) is 4.79 Å². The lowest BCUT2D eigenvalue weighted by molar-refractivity contribution is -0.111. The molecule has 0 unspecified atom stereocenters. The quantitative estimate of drug-likeness (QED) is 0.403. The van der Waals surface area contributed by atoms with E-state index < -0.39 is 5.91 Å². The number of aliphatic hydroxyl groups is 1. The van der Waals surface area contributed by atoms with Gasteiger partial charge in [0.1, 0.15) is 17.9 Å². The lowest BCUT2D eigenvalue weighted by Gasteiger charge is -2.10. The molecule has 4 rings (SSSR count). The lowest BCUT2D eigenvalue weighted by atomic mass is 10.0. The Morgan fingerprint density at radius 3 is 2.17 bits per heavy atom. The Labute approximate surface area is 207 Å². The number of benzene rings is 2. The number of carbonyl (C=O) groups excluding carboxylic acids is 1. The van der Waals surface area contributed by atoms with E-state index in [9.17, 15) is 4.79 Å². The molecule has 7 heteroatoms. The van der Waals surface area contributed by atoms with Crippen LogP contribution in [0.4, 0.5) is 17.2 Å². The van der Waals surface area contributed by atoms with Gasteiger partial charge in [0, 0.05) is 23.2 Å². The van der Waals surface area contributed by atoms with Crippen molar-refractivity contribution in [3.8, 4) is 17.6 Å². The summed E-state index contributed by atoms with van der Waals surface area (Å²) in [5, 5.41) is 15.4. The predicted molar refractivity (Wildman–Crippen MR) is 141 cm³/mol. The fraction of sp³-hybridized carbons (Fsp3) is 0.393. The number of nitrogens with one attached hydrogen (secondary N) is 2. The highest BCUT2D eigenvalue weighted by Gasteiger charge is 2.07. The second-order valence-electron chi connectivity index (χ2n) is 8.37. The molecule has 0 spiro atoms.